The molecule has 0 aliphatic heterocycles. The zero-order valence-corrected chi connectivity index (χ0v) is 15.4. The smallest absolute Gasteiger partial charge is 0.276 e. The highest BCUT2D eigenvalue weighted by atomic mass is 32.1. The van der Waals surface area contributed by atoms with Crippen LogP contribution in [0.15, 0.2) is 47.8 Å². The van der Waals surface area contributed by atoms with Gasteiger partial charge in [-0.15, -0.1) is 11.3 Å². The summed E-state index contributed by atoms with van der Waals surface area (Å²) >= 11 is 2.95. The number of nitrogens with one attached hydrogen (secondary N) is 1. The molecule has 124 valence electrons. The van der Waals surface area contributed by atoms with Crippen LogP contribution in [0.3, 0.4) is 0 Å². The van der Waals surface area contributed by atoms with Crippen molar-refractivity contribution in [3.05, 3.63) is 64.7 Å². The summed E-state index contributed by atoms with van der Waals surface area (Å²) in [7, 11) is 0. The van der Waals surface area contributed by atoms with Crippen molar-refractivity contribution < 1.29 is 4.79 Å². The fourth-order valence-electron chi connectivity index (χ4n) is 2.68. The van der Waals surface area contributed by atoms with Gasteiger partial charge in [-0.3, -0.25) is 10.1 Å². The fraction of sp³-hybridized carbons (Fsp3) is 0.105. The van der Waals surface area contributed by atoms with Crippen LogP contribution < -0.4 is 5.32 Å². The third-order valence-corrected chi connectivity index (χ3v) is 5.62. The maximum absolute atomic E-state index is 12.5. The Labute approximate surface area is 153 Å². The van der Waals surface area contributed by atoms with E-state index in [0.717, 1.165) is 26.4 Å². The van der Waals surface area contributed by atoms with Gasteiger partial charge in [-0.2, -0.15) is 0 Å². The first-order valence-electron chi connectivity index (χ1n) is 7.80. The van der Waals surface area contributed by atoms with Crippen LogP contribution in [0.4, 0.5) is 5.13 Å². The predicted octanol–water partition coefficient (Wildman–Crippen LogP) is 5.29. The Bertz CT molecular complexity index is 1070. The van der Waals surface area contributed by atoms with E-state index in [4.69, 9.17) is 0 Å². The first kappa shape index (κ1) is 15.9. The Kier molecular flexibility index (Phi) is 4.07. The van der Waals surface area contributed by atoms with Gasteiger partial charge in [0.25, 0.3) is 5.91 Å². The van der Waals surface area contributed by atoms with Crippen LogP contribution in [0.25, 0.3) is 20.8 Å². The third-order valence-electron chi connectivity index (χ3n) is 3.81. The van der Waals surface area contributed by atoms with Crippen molar-refractivity contribution in [2.24, 2.45) is 0 Å². The second-order valence-electron chi connectivity index (χ2n) is 5.81. The van der Waals surface area contributed by atoms with E-state index in [2.05, 4.69) is 34.3 Å². The summed E-state index contributed by atoms with van der Waals surface area (Å²) in [4.78, 5) is 21.5. The molecule has 0 aliphatic carbocycles. The molecule has 0 atom stereocenters. The van der Waals surface area contributed by atoms with Gasteiger partial charge in [-0.05, 0) is 31.0 Å². The normalized spacial score (nSPS) is 11.0. The minimum absolute atomic E-state index is 0.230. The van der Waals surface area contributed by atoms with Crippen molar-refractivity contribution >= 4 is 43.9 Å². The average Bonchev–Trinajstić information content (AvgIpc) is 3.22. The number of carbonyl (C=O) groups is 1. The molecule has 4 rings (SSSR count). The molecule has 4 nitrogen and oxygen atoms in total. The molecule has 4 aromatic rings. The third kappa shape index (κ3) is 3.18. The van der Waals surface area contributed by atoms with Crippen molar-refractivity contribution in [2.45, 2.75) is 13.8 Å². The number of nitrogens with zero attached hydrogens (tertiary/aromatic N) is 2. The van der Waals surface area contributed by atoms with E-state index in [1.165, 1.54) is 28.2 Å². The van der Waals surface area contributed by atoms with Gasteiger partial charge in [0, 0.05) is 10.9 Å². The minimum atomic E-state index is -0.230. The summed E-state index contributed by atoms with van der Waals surface area (Å²) in [6, 6.07) is 14.0. The molecular weight excluding hydrogens is 350 g/mol. The van der Waals surface area contributed by atoms with Crippen LogP contribution in [0, 0.1) is 13.8 Å². The summed E-state index contributed by atoms with van der Waals surface area (Å²) in [5.41, 5.74) is 4.67. The largest absolute Gasteiger partial charge is 0.296 e. The molecule has 0 bridgehead atoms. The molecule has 0 saturated carbocycles. The summed E-state index contributed by atoms with van der Waals surface area (Å²) in [6.07, 6.45) is 0. The van der Waals surface area contributed by atoms with Gasteiger partial charge in [0.1, 0.15) is 10.7 Å². The average molecular weight is 365 g/mol. The first-order valence-corrected chi connectivity index (χ1v) is 9.50. The molecule has 0 fully saturated rings. The number of rotatable bonds is 3. The summed E-state index contributed by atoms with van der Waals surface area (Å²) < 4.78 is 1.08. The molecule has 6 heteroatoms. The number of fused-ring (bicyclic) bond motifs is 1. The summed E-state index contributed by atoms with van der Waals surface area (Å²) in [5.74, 6) is -0.230. The lowest BCUT2D eigenvalue weighted by molar-refractivity contribution is 0.102. The molecule has 0 saturated heterocycles. The number of aromatic nitrogens is 2. The van der Waals surface area contributed by atoms with Gasteiger partial charge in [0.05, 0.1) is 10.2 Å². The zero-order valence-electron chi connectivity index (χ0n) is 13.7. The quantitative estimate of drug-likeness (QED) is 0.537. The highest BCUT2D eigenvalue weighted by Crippen LogP contribution is 2.30. The Morgan fingerprint density at radius 1 is 1.08 bits per heavy atom. The van der Waals surface area contributed by atoms with Crippen LogP contribution in [-0.2, 0) is 0 Å². The van der Waals surface area contributed by atoms with E-state index in [0.29, 0.717) is 10.8 Å². The van der Waals surface area contributed by atoms with Crippen LogP contribution in [0.2, 0.25) is 0 Å². The number of amides is 1. The number of hydrogen-bond acceptors (Lipinski definition) is 5. The van der Waals surface area contributed by atoms with Crippen molar-refractivity contribution in [3.8, 4) is 10.6 Å². The maximum atomic E-state index is 12.5. The molecule has 1 N–H and O–H groups in total. The second kappa shape index (κ2) is 6.38. The van der Waals surface area contributed by atoms with Gasteiger partial charge >= 0.3 is 0 Å². The van der Waals surface area contributed by atoms with Crippen molar-refractivity contribution in [2.75, 3.05) is 5.32 Å². The van der Waals surface area contributed by atoms with Gasteiger partial charge in [-0.1, -0.05) is 47.7 Å². The van der Waals surface area contributed by atoms with E-state index in [1.54, 1.807) is 5.38 Å². The first-order chi connectivity index (χ1) is 12.1. The van der Waals surface area contributed by atoms with Gasteiger partial charge in [-0.25, -0.2) is 9.97 Å². The summed E-state index contributed by atoms with van der Waals surface area (Å²) in [6.45, 7) is 4.10. The van der Waals surface area contributed by atoms with E-state index in [-0.39, 0.29) is 5.91 Å². The fourth-order valence-corrected chi connectivity index (χ4v) is 4.52. The molecular formula is C19H15N3OS2. The van der Waals surface area contributed by atoms with Crippen molar-refractivity contribution in [1.29, 1.82) is 0 Å². The molecule has 2 aromatic carbocycles. The number of benzene rings is 2. The molecule has 0 aliphatic rings. The molecule has 0 spiro atoms. The molecule has 25 heavy (non-hydrogen) atoms. The zero-order chi connectivity index (χ0) is 17.4. The number of aryl methyl sites for hydroxylation is 2. The highest BCUT2D eigenvalue weighted by molar-refractivity contribution is 7.22. The molecule has 2 aromatic heterocycles. The Morgan fingerprint density at radius 3 is 2.68 bits per heavy atom. The topological polar surface area (TPSA) is 54.9 Å². The SMILES string of the molecule is Cc1cc(C)c2nc(NC(=O)c3csc(-c4ccccc4)n3)sc2c1. The molecule has 0 radical (unpaired) electrons. The standard InChI is InChI=1S/C19H15N3OS2/c1-11-8-12(2)16-15(9-11)25-19(21-16)22-17(23)14-10-24-18(20-14)13-6-4-3-5-7-13/h3-10H,1-2H3,(H,21,22,23). The lowest BCUT2D eigenvalue weighted by atomic mass is 10.1. The van der Waals surface area contributed by atoms with Crippen LogP contribution in [0.5, 0.6) is 0 Å². The van der Waals surface area contributed by atoms with Crippen LogP contribution >= 0.6 is 22.7 Å². The Morgan fingerprint density at radius 2 is 1.88 bits per heavy atom. The van der Waals surface area contributed by atoms with E-state index >= 15 is 0 Å². The van der Waals surface area contributed by atoms with Gasteiger partial charge in [0.2, 0.25) is 0 Å². The number of anilines is 1. The Hall–Kier alpha value is -2.57. The van der Waals surface area contributed by atoms with E-state index in [9.17, 15) is 4.79 Å². The van der Waals surface area contributed by atoms with E-state index in [1.807, 2.05) is 37.3 Å². The lowest BCUT2D eigenvalue weighted by Crippen LogP contribution is -2.11. The van der Waals surface area contributed by atoms with Crippen molar-refractivity contribution in [1.82, 2.24) is 9.97 Å². The number of carbonyl (C=O) groups excluding carboxylic acids is 1. The maximum Gasteiger partial charge on any atom is 0.276 e. The highest BCUT2D eigenvalue weighted by Gasteiger charge is 2.15. The Balaban J connectivity index is 1.58. The van der Waals surface area contributed by atoms with E-state index < -0.39 is 0 Å². The second-order valence-corrected chi connectivity index (χ2v) is 7.69. The van der Waals surface area contributed by atoms with Gasteiger partial charge < -0.3 is 0 Å². The van der Waals surface area contributed by atoms with Crippen molar-refractivity contribution in [3.63, 3.8) is 0 Å². The minimum Gasteiger partial charge on any atom is -0.296 e. The number of hydrogen-bond donors (Lipinski definition) is 1. The van der Waals surface area contributed by atoms with Crippen LogP contribution in [-0.4, -0.2) is 15.9 Å². The van der Waals surface area contributed by atoms with Gasteiger partial charge in [0.15, 0.2) is 5.13 Å². The molecule has 2 heterocycles. The number of thiazole rings is 2. The predicted molar refractivity (Wildman–Crippen MR) is 105 cm³/mol. The molecule has 1 amide bonds. The van der Waals surface area contributed by atoms with Crippen LogP contribution in [0.1, 0.15) is 21.6 Å². The summed E-state index contributed by atoms with van der Waals surface area (Å²) in [5, 5.41) is 6.08. The lowest BCUT2D eigenvalue weighted by Gasteiger charge is -1.97. The monoisotopic (exact) mass is 365 g/mol. The molecule has 0 unspecified atom stereocenters.